The van der Waals surface area contributed by atoms with Gasteiger partial charge in [0.2, 0.25) is 5.88 Å². The summed E-state index contributed by atoms with van der Waals surface area (Å²) >= 11 is 0. The van der Waals surface area contributed by atoms with Gasteiger partial charge in [-0.15, -0.1) is 0 Å². The first kappa shape index (κ1) is 28.7. The fraction of sp³-hybridized carbons (Fsp3) is 0.324. The van der Waals surface area contributed by atoms with Gasteiger partial charge in [-0.05, 0) is 68.6 Å². The van der Waals surface area contributed by atoms with Crippen molar-refractivity contribution < 1.29 is 19.0 Å². The molecule has 3 aromatic heterocycles. The van der Waals surface area contributed by atoms with Crippen LogP contribution in [-0.4, -0.2) is 53.2 Å². The zero-order valence-corrected chi connectivity index (χ0v) is 24.9. The van der Waals surface area contributed by atoms with E-state index in [-0.39, 0.29) is 23.1 Å². The Bertz CT molecular complexity index is 1960. The SMILES string of the molecule is CCn1cncc1Cn1c(CN2CC[C@@]3(c4cccc(OCc5ccc(C#N)cc5F)n4)C[C@H]3C2)nc2ccc(C(=O)O)cc21. The summed E-state index contributed by atoms with van der Waals surface area (Å²) < 4.78 is 24.4. The summed E-state index contributed by atoms with van der Waals surface area (Å²) in [6.07, 6.45) is 5.65. The average Bonchev–Trinajstić information content (AvgIpc) is 3.45. The van der Waals surface area contributed by atoms with Crippen LogP contribution in [0.5, 0.6) is 5.88 Å². The van der Waals surface area contributed by atoms with Crippen molar-refractivity contribution in [3.63, 3.8) is 0 Å². The molecule has 0 unspecified atom stereocenters. The summed E-state index contributed by atoms with van der Waals surface area (Å²) in [5.41, 5.74) is 4.50. The predicted octanol–water partition coefficient (Wildman–Crippen LogP) is 5.15. The van der Waals surface area contributed by atoms with Crippen molar-refractivity contribution in [1.29, 1.82) is 5.26 Å². The first-order chi connectivity index (χ1) is 21.9. The number of carboxylic acid groups (broad SMARTS) is 1. The molecule has 1 saturated heterocycles. The highest BCUT2D eigenvalue weighted by atomic mass is 19.1. The zero-order chi connectivity index (χ0) is 31.1. The van der Waals surface area contributed by atoms with Crippen molar-refractivity contribution >= 4 is 17.0 Å². The third-order valence-corrected chi connectivity index (χ3v) is 9.27. The van der Waals surface area contributed by atoms with Crippen LogP contribution in [0.15, 0.2) is 67.1 Å². The maximum Gasteiger partial charge on any atom is 0.335 e. The maximum atomic E-state index is 14.3. The van der Waals surface area contributed by atoms with Crippen LogP contribution in [-0.2, 0) is 31.7 Å². The minimum absolute atomic E-state index is 0.000284. The number of ether oxygens (including phenoxy) is 1. The van der Waals surface area contributed by atoms with Gasteiger partial charge in [-0.2, -0.15) is 5.26 Å². The van der Waals surface area contributed by atoms with E-state index in [1.165, 1.54) is 6.07 Å². The van der Waals surface area contributed by atoms with Gasteiger partial charge >= 0.3 is 5.97 Å². The monoisotopic (exact) mass is 605 g/mol. The van der Waals surface area contributed by atoms with Gasteiger partial charge in [-0.25, -0.2) is 24.1 Å². The van der Waals surface area contributed by atoms with Crippen molar-refractivity contribution in [2.45, 2.75) is 51.4 Å². The fourth-order valence-corrected chi connectivity index (χ4v) is 6.66. The molecule has 228 valence electrons. The normalized spacial score (nSPS) is 19.3. The van der Waals surface area contributed by atoms with Gasteiger partial charge in [0.15, 0.2) is 0 Å². The van der Waals surface area contributed by atoms with Gasteiger partial charge in [-0.3, -0.25) is 4.90 Å². The van der Waals surface area contributed by atoms with E-state index in [9.17, 15) is 14.3 Å². The van der Waals surface area contributed by atoms with Crippen LogP contribution >= 0.6 is 0 Å². The van der Waals surface area contributed by atoms with Crippen LogP contribution in [0.2, 0.25) is 0 Å². The molecule has 4 heterocycles. The molecule has 1 aliphatic carbocycles. The number of pyridine rings is 1. The Hall–Kier alpha value is -5.08. The Labute approximate surface area is 259 Å². The number of carboxylic acids is 1. The van der Waals surface area contributed by atoms with Gasteiger partial charge in [-0.1, -0.05) is 12.1 Å². The number of hydrogen-bond acceptors (Lipinski definition) is 7. The van der Waals surface area contributed by atoms with Crippen LogP contribution in [0.25, 0.3) is 11.0 Å². The molecule has 2 aliphatic rings. The molecular weight excluding hydrogens is 573 g/mol. The molecule has 1 aliphatic heterocycles. The van der Waals surface area contributed by atoms with Gasteiger partial charge < -0.3 is 19.0 Å². The summed E-state index contributed by atoms with van der Waals surface area (Å²) in [5.74, 6) is 0.371. The molecule has 0 spiro atoms. The minimum atomic E-state index is -0.963. The number of nitrogens with zero attached hydrogens (tertiary/aromatic N) is 7. The first-order valence-electron chi connectivity index (χ1n) is 15.1. The lowest BCUT2D eigenvalue weighted by molar-refractivity contribution is 0.0697. The highest BCUT2D eigenvalue weighted by Crippen LogP contribution is 2.59. The second-order valence-corrected chi connectivity index (χ2v) is 11.9. The van der Waals surface area contributed by atoms with Crippen LogP contribution in [0.3, 0.4) is 0 Å². The van der Waals surface area contributed by atoms with Gasteiger partial charge in [0.05, 0.1) is 59.0 Å². The highest BCUT2D eigenvalue weighted by molar-refractivity contribution is 5.92. The molecule has 11 heteroatoms. The van der Waals surface area contributed by atoms with Gasteiger partial charge in [0, 0.05) is 36.3 Å². The Morgan fingerprint density at radius 3 is 2.84 bits per heavy atom. The molecule has 0 amide bonds. The smallest absolute Gasteiger partial charge is 0.335 e. The highest BCUT2D eigenvalue weighted by Gasteiger charge is 2.58. The van der Waals surface area contributed by atoms with E-state index in [1.54, 1.807) is 36.4 Å². The number of carbonyl (C=O) groups is 1. The minimum Gasteiger partial charge on any atom is -0.478 e. The van der Waals surface area contributed by atoms with Crippen molar-refractivity contribution in [2.75, 3.05) is 13.1 Å². The number of aromatic carboxylic acids is 1. The number of rotatable bonds is 10. The van der Waals surface area contributed by atoms with E-state index in [1.807, 2.05) is 24.7 Å². The second-order valence-electron chi connectivity index (χ2n) is 11.9. The molecule has 1 saturated carbocycles. The third-order valence-electron chi connectivity index (χ3n) is 9.27. The lowest BCUT2D eigenvalue weighted by atomic mass is 9.91. The number of hydrogen-bond donors (Lipinski definition) is 1. The molecule has 0 bridgehead atoms. The van der Waals surface area contributed by atoms with E-state index in [0.717, 1.165) is 60.7 Å². The quantitative estimate of drug-likeness (QED) is 0.232. The van der Waals surface area contributed by atoms with E-state index in [4.69, 9.17) is 20.0 Å². The second kappa shape index (κ2) is 11.4. The number of piperidine rings is 1. The molecule has 7 rings (SSSR count). The molecule has 1 N–H and O–H groups in total. The number of imidazole rings is 2. The topological polar surface area (TPSA) is 122 Å². The molecule has 2 aromatic carbocycles. The maximum absolute atomic E-state index is 14.3. The summed E-state index contributed by atoms with van der Waals surface area (Å²) in [7, 11) is 0. The number of aryl methyl sites for hydroxylation is 1. The summed E-state index contributed by atoms with van der Waals surface area (Å²) in [6.45, 7) is 5.87. The lowest BCUT2D eigenvalue weighted by Gasteiger charge is -2.31. The summed E-state index contributed by atoms with van der Waals surface area (Å²) in [4.78, 5) is 28.3. The van der Waals surface area contributed by atoms with Gasteiger partial charge in [0.1, 0.15) is 18.2 Å². The zero-order valence-electron chi connectivity index (χ0n) is 24.9. The Morgan fingerprint density at radius 2 is 2.07 bits per heavy atom. The molecule has 0 radical (unpaired) electrons. The Morgan fingerprint density at radius 1 is 1.18 bits per heavy atom. The van der Waals surface area contributed by atoms with Crippen molar-refractivity contribution in [3.05, 3.63) is 107 Å². The number of nitriles is 1. The number of likely N-dealkylation sites (tertiary alicyclic amines) is 1. The van der Waals surface area contributed by atoms with Crippen molar-refractivity contribution in [3.8, 4) is 11.9 Å². The van der Waals surface area contributed by atoms with Crippen LogP contribution < -0.4 is 4.74 Å². The standard InChI is InChI=1S/C34H32FN7O3/c1-2-41-21-37-16-26(41)18-42-29-13-23(33(43)44)8-9-28(29)38-31(42)19-40-11-10-34(14-25(34)17-40)30-4-3-5-32(39-30)45-20-24-7-6-22(15-36)12-27(24)35/h3-9,12-13,16,21,25H,2,10-11,14,17-20H2,1H3,(H,43,44)/t25-,34+/m0/s1. The number of fused-ring (bicyclic) bond motifs is 2. The number of halogens is 1. The molecule has 5 aromatic rings. The first-order valence-corrected chi connectivity index (χ1v) is 15.1. The van der Waals surface area contributed by atoms with E-state index >= 15 is 0 Å². The third kappa shape index (κ3) is 5.42. The molecular formula is C34H32FN7O3. The van der Waals surface area contributed by atoms with Crippen molar-refractivity contribution in [2.24, 2.45) is 5.92 Å². The molecule has 2 fully saturated rings. The number of aromatic nitrogens is 5. The van der Waals surface area contributed by atoms with Gasteiger partial charge in [0.25, 0.3) is 0 Å². The van der Waals surface area contributed by atoms with E-state index in [0.29, 0.717) is 30.5 Å². The van der Waals surface area contributed by atoms with E-state index < -0.39 is 11.8 Å². The largest absolute Gasteiger partial charge is 0.478 e. The average molecular weight is 606 g/mol. The summed E-state index contributed by atoms with van der Waals surface area (Å²) in [5, 5.41) is 18.6. The Kier molecular flexibility index (Phi) is 7.30. The fourth-order valence-electron chi connectivity index (χ4n) is 6.66. The Balaban J connectivity index is 1.07. The molecule has 45 heavy (non-hydrogen) atoms. The molecule has 2 atom stereocenters. The molecule has 10 nitrogen and oxygen atoms in total. The number of benzene rings is 2. The van der Waals surface area contributed by atoms with Crippen molar-refractivity contribution in [1.82, 2.24) is 29.0 Å². The van der Waals surface area contributed by atoms with Crippen LogP contribution in [0.4, 0.5) is 4.39 Å². The predicted molar refractivity (Wildman–Crippen MR) is 163 cm³/mol. The van der Waals surface area contributed by atoms with Crippen LogP contribution in [0.1, 0.15) is 58.5 Å². The summed E-state index contributed by atoms with van der Waals surface area (Å²) in [6, 6.07) is 17.2. The van der Waals surface area contributed by atoms with Crippen LogP contribution in [0, 0.1) is 23.1 Å². The van der Waals surface area contributed by atoms with E-state index in [2.05, 4.69) is 32.0 Å². The lowest BCUT2D eigenvalue weighted by Crippen LogP contribution is -2.37.